The quantitative estimate of drug-likeness (QED) is 0.560. The summed E-state index contributed by atoms with van der Waals surface area (Å²) in [7, 11) is 0. The maximum atomic E-state index is 13.9. The van der Waals surface area contributed by atoms with Crippen molar-refractivity contribution < 1.29 is 33.1 Å². The fourth-order valence-electron chi connectivity index (χ4n) is 3.79. The molecule has 1 aromatic heterocycles. The van der Waals surface area contributed by atoms with E-state index in [9.17, 15) is 14.0 Å². The third-order valence-electron chi connectivity index (χ3n) is 5.37. The third kappa shape index (κ3) is 4.93. The molecule has 0 radical (unpaired) electrons. The van der Waals surface area contributed by atoms with Gasteiger partial charge in [-0.25, -0.2) is 14.0 Å². The van der Waals surface area contributed by atoms with E-state index in [4.69, 9.17) is 30.7 Å². The van der Waals surface area contributed by atoms with Gasteiger partial charge in [-0.05, 0) is 54.8 Å². The number of amides is 1. The lowest BCUT2D eigenvalue weighted by molar-refractivity contribution is -0.139. The molecule has 1 aliphatic rings. The van der Waals surface area contributed by atoms with Gasteiger partial charge in [-0.1, -0.05) is 22.8 Å². The summed E-state index contributed by atoms with van der Waals surface area (Å²) in [5, 5.41) is 13.2. The Labute approximate surface area is 193 Å². The Bertz CT molecular complexity index is 1200. The first kappa shape index (κ1) is 22.6. The van der Waals surface area contributed by atoms with Gasteiger partial charge in [0.1, 0.15) is 30.1 Å². The van der Waals surface area contributed by atoms with Gasteiger partial charge < -0.3 is 19.1 Å². The number of aryl methyl sites for hydroxylation is 1. The third-order valence-corrected chi connectivity index (χ3v) is 5.60. The molecule has 1 aliphatic heterocycles. The normalized spacial score (nSPS) is 15.1. The predicted octanol–water partition coefficient (Wildman–Crippen LogP) is 4.52. The largest absolute Gasteiger partial charge is 0.482 e. The molecule has 8 nitrogen and oxygen atoms in total. The Morgan fingerprint density at radius 3 is 2.82 bits per heavy atom. The molecule has 0 aliphatic carbocycles. The van der Waals surface area contributed by atoms with Crippen molar-refractivity contribution in [2.24, 2.45) is 0 Å². The highest BCUT2D eigenvalue weighted by molar-refractivity contribution is 6.30. The van der Waals surface area contributed by atoms with Crippen molar-refractivity contribution >= 4 is 23.7 Å². The summed E-state index contributed by atoms with van der Waals surface area (Å²) in [4.78, 5) is 25.7. The average molecular weight is 475 g/mol. The van der Waals surface area contributed by atoms with Crippen LogP contribution in [0.25, 0.3) is 0 Å². The van der Waals surface area contributed by atoms with Gasteiger partial charge in [-0.15, -0.1) is 0 Å². The van der Waals surface area contributed by atoms with E-state index in [2.05, 4.69) is 5.16 Å². The summed E-state index contributed by atoms with van der Waals surface area (Å²) in [5.74, 6) is -1.30. The lowest BCUT2D eigenvalue weighted by Gasteiger charge is -2.37. The molecule has 1 atom stereocenters. The van der Waals surface area contributed by atoms with Crippen LogP contribution < -0.4 is 4.74 Å². The highest BCUT2D eigenvalue weighted by Crippen LogP contribution is 2.41. The zero-order valence-electron chi connectivity index (χ0n) is 17.6. The molecular formula is C23H20ClFN2O6. The number of benzene rings is 2. The summed E-state index contributed by atoms with van der Waals surface area (Å²) >= 11 is 6.24. The zero-order valence-corrected chi connectivity index (χ0v) is 18.3. The number of nitrogens with zero attached hydrogens (tertiary/aromatic N) is 2. The molecule has 10 heteroatoms. The molecule has 172 valence electrons. The van der Waals surface area contributed by atoms with Gasteiger partial charge in [0.25, 0.3) is 0 Å². The standard InChI is InChI=1S/C23H20ClFN2O6/c1-13-10-33-26-19(13)11-32-23(30)27-7-6-14-8-16(25)3-4-17(14)22(27)18-9-15(24)2-5-20(18)31-12-21(28)29/h2-5,8-10,22H,6-7,11-12H2,1H3,(H,28,29)/t22-/m0/s1. The van der Waals surface area contributed by atoms with Crippen molar-refractivity contribution in [3.63, 3.8) is 0 Å². The van der Waals surface area contributed by atoms with Crippen molar-refractivity contribution in [3.8, 4) is 5.75 Å². The topological polar surface area (TPSA) is 102 Å². The van der Waals surface area contributed by atoms with Crippen molar-refractivity contribution in [2.75, 3.05) is 13.2 Å². The number of carbonyl (C=O) groups excluding carboxylic acids is 1. The summed E-state index contributed by atoms with van der Waals surface area (Å²) in [6.45, 7) is 1.36. The maximum Gasteiger partial charge on any atom is 0.410 e. The lowest BCUT2D eigenvalue weighted by atomic mass is 9.88. The predicted molar refractivity (Wildman–Crippen MR) is 115 cm³/mol. The molecule has 4 rings (SSSR count). The molecular weight excluding hydrogens is 455 g/mol. The number of carbonyl (C=O) groups is 2. The van der Waals surface area contributed by atoms with Gasteiger partial charge >= 0.3 is 12.1 Å². The molecule has 0 spiro atoms. The van der Waals surface area contributed by atoms with Crippen molar-refractivity contribution in [2.45, 2.75) is 26.0 Å². The summed E-state index contributed by atoms with van der Waals surface area (Å²) in [6, 6.07) is 8.30. The summed E-state index contributed by atoms with van der Waals surface area (Å²) in [5.41, 5.74) is 3.09. The number of hydrogen-bond donors (Lipinski definition) is 1. The molecule has 33 heavy (non-hydrogen) atoms. The van der Waals surface area contributed by atoms with Crippen molar-refractivity contribution in [3.05, 3.63) is 81.4 Å². The Morgan fingerprint density at radius 1 is 1.27 bits per heavy atom. The molecule has 0 unspecified atom stereocenters. The molecule has 0 bridgehead atoms. The Balaban J connectivity index is 1.72. The fraction of sp³-hybridized carbons (Fsp3) is 0.261. The van der Waals surface area contributed by atoms with Gasteiger partial charge in [0.15, 0.2) is 6.61 Å². The molecule has 2 aromatic carbocycles. The second kappa shape index (κ2) is 9.50. The van der Waals surface area contributed by atoms with Crippen molar-refractivity contribution in [1.29, 1.82) is 0 Å². The molecule has 0 fully saturated rings. The van der Waals surface area contributed by atoms with Crippen LogP contribution in [-0.2, 0) is 22.6 Å². The monoisotopic (exact) mass is 474 g/mol. The van der Waals surface area contributed by atoms with Gasteiger partial charge in [0.2, 0.25) is 0 Å². The van der Waals surface area contributed by atoms with Gasteiger partial charge in [0, 0.05) is 22.7 Å². The van der Waals surface area contributed by atoms with E-state index in [-0.39, 0.29) is 18.9 Å². The fourth-order valence-corrected chi connectivity index (χ4v) is 3.97. The summed E-state index contributed by atoms with van der Waals surface area (Å²) in [6.07, 6.45) is 1.24. The van der Waals surface area contributed by atoms with Crippen LogP contribution in [0.1, 0.15) is 34.0 Å². The van der Waals surface area contributed by atoms with Crippen LogP contribution in [0, 0.1) is 12.7 Å². The number of ether oxygens (including phenoxy) is 2. The van der Waals surface area contributed by atoms with E-state index < -0.39 is 30.5 Å². The highest BCUT2D eigenvalue weighted by atomic mass is 35.5. The smallest absolute Gasteiger partial charge is 0.410 e. The number of fused-ring (bicyclic) bond motifs is 1. The molecule has 0 saturated heterocycles. The number of aliphatic carboxylic acids is 1. The number of halogens is 2. The number of carboxylic acids is 1. The van der Waals surface area contributed by atoms with E-state index in [1.165, 1.54) is 23.3 Å². The minimum absolute atomic E-state index is 0.0847. The Kier molecular flexibility index (Phi) is 6.50. The van der Waals surface area contributed by atoms with Crippen LogP contribution in [0.3, 0.4) is 0 Å². The molecule has 2 heterocycles. The molecule has 3 aromatic rings. The number of carboxylic acid groups (broad SMARTS) is 1. The number of aromatic nitrogens is 1. The first-order chi connectivity index (χ1) is 15.8. The zero-order chi connectivity index (χ0) is 23.5. The number of hydrogen-bond acceptors (Lipinski definition) is 6. The van der Waals surface area contributed by atoms with E-state index in [1.807, 2.05) is 0 Å². The van der Waals surface area contributed by atoms with E-state index in [1.54, 1.807) is 31.2 Å². The van der Waals surface area contributed by atoms with Crippen LogP contribution in [0.2, 0.25) is 5.02 Å². The van der Waals surface area contributed by atoms with Crippen LogP contribution in [-0.4, -0.2) is 40.4 Å². The SMILES string of the molecule is Cc1conc1COC(=O)N1CCc2cc(F)ccc2[C@H]1c1cc(Cl)ccc1OCC(=O)O. The van der Waals surface area contributed by atoms with Crippen LogP contribution in [0.15, 0.2) is 47.2 Å². The maximum absolute atomic E-state index is 13.9. The highest BCUT2D eigenvalue weighted by Gasteiger charge is 2.35. The van der Waals surface area contributed by atoms with E-state index in [0.717, 1.165) is 11.1 Å². The first-order valence-electron chi connectivity index (χ1n) is 10.1. The lowest BCUT2D eigenvalue weighted by Crippen LogP contribution is -2.41. The van der Waals surface area contributed by atoms with Gasteiger partial charge in [0.05, 0.1) is 6.04 Å². The van der Waals surface area contributed by atoms with Crippen LogP contribution in [0.4, 0.5) is 9.18 Å². The Morgan fingerprint density at radius 2 is 2.09 bits per heavy atom. The average Bonchev–Trinajstić information content (AvgIpc) is 3.20. The number of rotatable bonds is 6. The van der Waals surface area contributed by atoms with E-state index in [0.29, 0.717) is 28.3 Å². The molecule has 1 N–H and O–H groups in total. The second-order valence-electron chi connectivity index (χ2n) is 7.55. The van der Waals surface area contributed by atoms with E-state index >= 15 is 0 Å². The Hall–Kier alpha value is -3.59. The first-order valence-corrected chi connectivity index (χ1v) is 10.5. The van der Waals surface area contributed by atoms with Gasteiger partial charge in [-0.3, -0.25) is 4.90 Å². The minimum Gasteiger partial charge on any atom is -0.482 e. The van der Waals surface area contributed by atoms with Crippen molar-refractivity contribution in [1.82, 2.24) is 10.1 Å². The summed E-state index contributed by atoms with van der Waals surface area (Å²) < 4.78 is 29.8. The second-order valence-corrected chi connectivity index (χ2v) is 7.99. The van der Waals surface area contributed by atoms with Gasteiger partial charge in [-0.2, -0.15) is 0 Å². The molecule has 1 amide bonds. The van der Waals surface area contributed by atoms with Crippen LogP contribution >= 0.6 is 11.6 Å². The minimum atomic E-state index is -1.15. The van der Waals surface area contributed by atoms with Crippen LogP contribution in [0.5, 0.6) is 5.75 Å². The molecule has 0 saturated carbocycles.